The first-order chi connectivity index (χ1) is 16.2. The zero-order chi connectivity index (χ0) is 24.7. The number of rotatable bonds is 10. The van der Waals surface area contributed by atoms with Crippen LogP contribution in [0.1, 0.15) is 24.1 Å². The largest absolute Gasteiger partial charge is 0.495 e. The average Bonchev–Trinajstić information content (AvgIpc) is 2.84. The lowest BCUT2D eigenvalue weighted by atomic mass is 10.0. The molecule has 0 aliphatic heterocycles. The van der Waals surface area contributed by atoms with Gasteiger partial charge in [-0.25, -0.2) is 8.42 Å². The normalized spacial score (nSPS) is 13.2. The lowest BCUT2D eigenvalue weighted by molar-refractivity contribution is -0.123. The van der Waals surface area contributed by atoms with Gasteiger partial charge in [-0.2, -0.15) is 4.72 Å². The van der Waals surface area contributed by atoms with Crippen molar-refractivity contribution in [2.45, 2.75) is 35.2 Å². The fraction of sp³-hybridized carbons (Fsp3) is 0.240. The molecule has 0 fully saturated rings. The molecule has 3 aromatic carbocycles. The summed E-state index contributed by atoms with van der Waals surface area (Å²) in [6.07, 6.45) is 2.17. The van der Waals surface area contributed by atoms with Crippen LogP contribution >= 0.6 is 23.4 Å². The van der Waals surface area contributed by atoms with Gasteiger partial charge in [0, 0.05) is 9.92 Å². The van der Waals surface area contributed by atoms with Gasteiger partial charge in [0.1, 0.15) is 16.7 Å². The number of methoxy groups -OCH3 is 1. The van der Waals surface area contributed by atoms with Crippen molar-refractivity contribution in [3.8, 4) is 5.75 Å². The molecule has 0 saturated carbocycles. The van der Waals surface area contributed by atoms with Crippen molar-refractivity contribution in [3.63, 3.8) is 0 Å². The van der Waals surface area contributed by atoms with Crippen molar-refractivity contribution < 1.29 is 17.9 Å². The second kappa shape index (κ2) is 11.8. The average molecular weight is 519 g/mol. The molecule has 6 nitrogen and oxygen atoms in total. The van der Waals surface area contributed by atoms with Gasteiger partial charge in [-0.15, -0.1) is 11.8 Å². The number of nitrogens with one attached hydrogen (secondary N) is 2. The zero-order valence-electron chi connectivity index (χ0n) is 19.1. The summed E-state index contributed by atoms with van der Waals surface area (Å²) in [5.74, 6) is -0.298. The number of sulfonamides is 1. The fourth-order valence-corrected chi connectivity index (χ4v) is 5.47. The molecule has 0 radical (unpaired) electrons. The maximum atomic E-state index is 13.3. The summed E-state index contributed by atoms with van der Waals surface area (Å²) in [7, 11) is -2.75. The van der Waals surface area contributed by atoms with Crippen LogP contribution in [-0.4, -0.2) is 33.7 Å². The van der Waals surface area contributed by atoms with Gasteiger partial charge in [-0.1, -0.05) is 54.1 Å². The van der Waals surface area contributed by atoms with Crippen molar-refractivity contribution in [2.75, 3.05) is 13.4 Å². The Morgan fingerprint density at radius 3 is 2.35 bits per heavy atom. The van der Waals surface area contributed by atoms with Crippen molar-refractivity contribution in [1.82, 2.24) is 10.0 Å². The summed E-state index contributed by atoms with van der Waals surface area (Å²) >= 11 is 7.67. The molecule has 1 amide bonds. The van der Waals surface area contributed by atoms with Crippen LogP contribution in [0.15, 0.2) is 82.6 Å². The van der Waals surface area contributed by atoms with Crippen molar-refractivity contribution in [1.29, 1.82) is 0 Å². The molecule has 3 rings (SSSR count). The van der Waals surface area contributed by atoms with E-state index in [2.05, 4.69) is 10.0 Å². The Morgan fingerprint density at radius 2 is 1.74 bits per heavy atom. The third-order valence-corrected chi connectivity index (χ3v) is 7.76. The molecule has 34 heavy (non-hydrogen) atoms. The van der Waals surface area contributed by atoms with Crippen LogP contribution in [0.2, 0.25) is 5.02 Å². The zero-order valence-corrected chi connectivity index (χ0v) is 21.5. The van der Waals surface area contributed by atoms with Crippen LogP contribution in [0, 0.1) is 0 Å². The SMILES string of the molecule is COc1ccc(Cl)cc1S(=O)(=O)N[C@H](Cc1ccccc1)C(=O)N[C@H](C)c1ccc(SC)cc1. The van der Waals surface area contributed by atoms with E-state index in [9.17, 15) is 13.2 Å². The lowest BCUT2D eigenvalue weighted by Crippen LogP contribution is -2.48. The van der Waals surface area contributed by atoms with Crippen molar-refractivity contribution in [2.24, 2.45) is 0 Å². The minimum Gasteiger partial charge on any atom is -0.495 e. The summed E-state index contributed by atoms with van der Waals surface area (Å²) < 4.78 is 34.3. The van der Waals surface area contributed by atoms with Crippen molar-refractivity contribution in [3.05, 3.63) is 88.9 Å². The molecule has 2 atom stereocenters. The number of hydrogen-bond donors (Lipinski definition) is 2. The molecule has 0 unspecified atom stereocenters. The van der Waals surface area contributed by atoms with Gasteiger partial charge in [0.25, 0.3) is 0 Å². The van der Waals surface area contributed by atoms with Gasteiger partial charge < -0.3 is 10.1 Å². The number of carbonyl (C=O) groups is 1. The van der Waals surface area contributed by atoms with E-state index in [4.69, 9.17) is 16.3 Å². The Labute approximate surface area is 210 Å². The van der Waals surface area contributed by atoms with Crippen LogP contribution in [-0.2, 0) is 21.2 Å². The maximum Gasteiger partial charge on any atom is 0.245 e. The van der Waals surface area contributed by atoms with E-state index >= 15 is 0 Å². The molecule has 2 N–H and O–H groups in total. The minimum absolute atomic E-state index is 0.130. The molecule has 0 heterocycles. The van der Waals surface area contributed by atoms with Gasteiger partial charge in [0.05, 0.1) is 13.2 Å². The van der Waals surface area contributed by atoms with E-state index in [1.807, 2.05) is 67.8 Å². The molecule has 0 aliphatic carbocycles. The Morgan fingerprint density at radius 1 is 1.06 bits per heavy atom. The quantitative estimate of drug-likeness (QED) is 0.375. The predicted molar refractivity (Wildman–Crippen MR) is 137 cm³/mol. The molecule has 0 spiro atoms. The number of halogens is 1. The second-order valence-corrected chi connectivity index (χ2v) is 10.7. The van der Waals surface area contributed by atoms with E-state index in [1.54, 1.807) is 11.8 Å². The summed E-state index contributed by atoms with van der Waals surface area (Å²) in [6, 6.07) is 20.1. The summed E-state index contributed by atoms with van der Waals surface area (Å²) in [5, 5.41) is 3.18. The van der Waals surface area contributed by atoms with Crippen LogP contribution in [0.25, 0.3) is 0 Å². The molecule has 180 valence electrons. The molecular weight excluding hydrogens is 492 g/mol. The molecule has 0 aromatic heterocycles. The van der Waals surface area contributed by atoms with E-state index in [1.165, 1.54) is 25.3 Å². The third-order valence-electron chi connectivity index (χ3n) is 5.29. The van der Waals surface area contributed by atoms with E-state index < -0.39 is 22.0 Å². The molecule has 0 aliphatic rings. The summed E-state index contributed by atoms with van der Waals surface area (Å²) in [5.41, 5.74) is 1.74. The number of hydrogen-bond acceptors (Lipinski definition) is 5. The summed E-state index contributed by atoms with van der Waals surface area (Å²) in [6.45, 7) is 1.86. The smallest absolute Gasteiger partial charge is 0.245 e. The molecule has 9 heteroatoms. The maximum absolute atomic E-state index is 13.3. The van der Waals surface area contributed by atoms with Gasteiger partial charge in [-0.3, -0.25) is 4.79 Å². The summed E-state index contributed by atoms with van der Waals surface area (Å²) in [4.78, 5) is 14.3. The molecule has 0 bridgehead atoms. The van der Waals surface area contributed by atoms with E-state index in [-0.39, 0.29) is 28.1 Å². The number of amides is 1. The number of carbonyl (C=O) groups excluding carboxylic acids is 1. The van der Waals surface area contributed by atoms with Crippen LogP contribution in [0.4, 0.5) is 0 Å². The Balaban J connectivity index is 1.87. The predicted octanol–water partition coefficient (Wildman–Crippen LogP) is 4.84. The first kappa shape index (κ1) is 26.1. The topological polar surface area (TPSA) is 84.5 Å². The Hall–Kier alpha value is -2.52. The van der Waals surface area contributed by atoms with Crippen LogP contribution in [0.5, 0.6) is 5.75 Å². The number of benzene rings is 3. The van der Waals surface area contributed by atoms with E-state index in [0.717, 1.165) is 16.0 Å². The van der Waals surface area contributed by atoms with Gasteiger partial charge >= 0.3 is 0 Å². The first-order valence-electron chi connectivity index (χ1n) is 10.6. The standard InChI is InChI=1S/C25H27ClN2O4S2/c1-17(19-9-12-21(33-3)13-10-19)27-25(29)22(15-18-7-5-4-6-8-18)28-34(30,31)24-16-20(26)11-14-23(24)32-2/h4-14,16-17,22,28H,15H2,1-3H3,(H,27,29)/t17-,22-/m1/s1. The van der Waals surface area contributed by atoms with Crippen LogP contribution in [0.3, 0.4) is 0 Å². The number of thioether (sulfide) groups is 1. The van der Waals surface area contributed by atoms with Gasteiger partial charge in [0.2, 0.25) is 15.9 Å². The second-order valence-electron chi connectivity index (χ2n) is 7.66. The van der Waals surface area contributed by atoms with Crippen molar-refractivity contribution >= 4 is 39.3 Å². The highest BCUT2D eigenvalue weighted by atomic mass is 35.5. The highest BCUT2D eigenvalue weighted by Crippen LogP contribution is 2.27. The Bertz CT molecular complexity index is 1220. The van der Waals surface area contributed by atoms with Gasteiger partial charge in [0.15, 0.2) is 0 Å². The third kappa shape index (κ3) is 6.76. The molecule has 3 aromatic rings. The van der Waals surface area contributed by atoms with Gasteiger partial charge in [-0.05, 0) is 61.1 Å². The fourth-order valence-electron chi connectivity index (χ4n) is 3.44. The minimum atomic E-state index is -4.12. The van der Waals surface area contributed by atoms with Crippen LogP contribution < -0.4 is 14.8 Å². The number of ether oxygens (including phenoxy) is 1. The molecule has 0 saturated heterocycles. The lowest BCUT2D eigenvalue weighted by Gasteiger charge is -2.22. The Kier molecular flexibility index (Phi) is 9.02. The highest BCUT2D eigenvalue weighted by Gasteiger charge is 2.29. The first-order valence-corrected chi connectivity index (χ1v) is 13.7. The van der Waals surface area contributed by atoms with E-state index in [0.29, 0.717) is 0 Å². The molecular formula is C25H27ClN2O4S2. The highest BCUT2D eigenvalue weighted by molar-refractivity contribution is 7.98. The monoisotopic (exact) mass is 518 g/mol.